The molecule has 0 atom stereocenters. The molecule has 47 heavy (non-hydrogen) atoms. The van der Waals surface area contributed by atoms with Crippen molar-refractivity contribution in [2.24, 2.45) is 0 Å². The van der Waals surface area contributed by atoms with Gasteiger partial charge in [0.15, 0.2) is 0 Å². The Morgan fingerprint density at radius 1 is 1.06 bits per heavy atom. The Labute approximate surface area is 290 Å². The number of nitrogen functional groups attached to an aromatic ring is 1. The van der Waals surface area contributed by atoms with Crippen molar-refractivity contribution in [2.75, 3.05) is 55.6 Å². The fourth-order valence-corrected chi connectivity index (χ4v) is 6.94. The molecule has 260 valence electrons. The van der Waals surface area contributed by atoms with E-state index in [0.29, 0.717) is 29.1 Å². The molecule has 1 aliphatic heterocycles. The molecule has 4 N–H and O–H groups in total. The van der Waals surface area contributed by atoms with Crippen LogP contribution in [0.4, 0.5) is 21.7 Å². The van der Waals surface area contributed by atoms with Crippen LogP contribution < -0.4 is 20.7 Å². The van der Waals surface area contributed by atoms with Gasteiger partial charge in [0.2, 0.25) is 0 Å². The minimum atomic E-state index is -4.16. The van der Waals surface area contributed by atoms with Gasteiger partial charge in [0.25, 0.3) is 10.0 Å². The Bertz CT molecular complexity index is 1570. The number of hydrogen-bond donors (Lipinski definition) is 3. The fourth-order valence-electron chi connectivity index (χ4n) is 5.11. The molecule has 0 saturated heterocycles. The lowest BCUT2D eigenvalue weighted by atomic mass is 9.95. The number of halogens is 3. The molecule has 1 aliphatic rings. The van der Waals surface area contributed by atoms with Crippen LogP contribution in [0.25, 0.3) is 5.57 Å². The summed E-state index contributed by atoms with van der Waals surface area (Å²) in [6.07, 6.45) is 8.10. The molecule has 0 amide bonds. The lowest BCUT2D eigenvalue weighted by Gasteiger charge is -2.29. The number of hydrogen-bond acceptors (Lipinski definition) is 8. The van der Waals surface area contributed by atoms with Crippen molar-refractivity contribution < 1.29 is 12.8 Å². The largest absolute Gasteiger partial charge is 0.383 e. The van der Waals surface area contributed by atoms with Crippen molar-refractivity contribution in [2.45, 2.75) is 71.2 Å². The molecular weight excluding hydrogens is 660 g/mol. The van der Waals surface area contributed by atoms with E-state index in [1.807, 2.05) is 13.1 Å². The van der Waals surface area contributed by atoms with Crippen LogP contribution in [0.1, 0.15) is 71.4 Å². The van der Waals surface area contributed by atoms with Crippen molar-refractivity contribution >= 4 is 56.1 Å². The van der Waals surface area contributed by atoms with Gasteiger partial charge in [0.05, 0.1) is 21.3 Å². The summed E-state index contributed by atoms with van der Waals surface area (Å²) in [4.78, 5) is 12.8. The zero-order valence-corrected chi connectivity index (χ0v) is 30.9. The summed E-state index contributed by atoms with van der Waals surface area (Å²) < 4.78 is 42.7. The predicted octanol–water partition coefficient (Wildman–Crippen LogP) is 7.71. The number of fused-ring (bicyclic) bond motifs is 1. The molecule has 0 unspecified atom stereocenters. The number of benzene rings is 2. The average molecular weight is 711 g/mol. The molecule has 2 heterocycles. The molecule has 9 nitrogen and oxygen atoms in total. The van der Waals surface area contributed by atoms with E-state index in [2.05, 4.69) is 71.5 Å². The van der Waals surface area contributed by atoms with Gasteiger partial charge >= 0.3 is 0 Å². The van der Waals surface area contributed by atoms with Gasteiger partial charge < -0.3 is 20.9 Å². The number of rotatable bonds is 12. The highest BCUT2D eigenvalue weighted by Gasteiger charge is 2.25. The smallest absolute Gasteiger partial charge is 0.263 e. The van der Waals surface area contributed by atoms with Crippen LogP contribution in [-0.2, 0) is 10.0 Å². The van der Waals surface area contributed by atoms with E-state index in [1.54, 1.807) is 6.07 Å². The quantitative estimate of drug-likeness (QED) is 0.175. The van der Waals surface area contributed by atoms with Crippen LogP contribution in [0.2, 0.25) is 10.0 Å². The van der Waals surface area contributed by atoms with Crippen LogP contribution >= 0.6 is 23.2 Å². The first-order valence-corrected chi connectivity index (χ1v) is 18.3. The fraction of sp³-hybridized carbons (Fsp3) is 0.471. The minimum absolute atomic E-state index is 0.0789. The number of nitrogens with zero attached hydrogens (tertiary/aromatic N) is 4. The van der Waals surface area contributed by atoms with Crippen LogP contribution in [0.15, 0.2) is 53.7 Å². The summed E-state index contributed by atoms with van der Waals surface area (Å²) in [7, 11) is -0.00944. The van der Waals surface area contributed by atoms with Crippen molar-refractivity contribution in [3.05, 3.63) is 75.8 Å². The minimum Gasteiger partial charge on any atom is -0.383 e. The molecule has 0 spiro atoms. The Balaban J connectivity index is 0.000000462. The molecule has 0 aliphatic carbocycles. The van der Waals surface area contributed by atoms with Gasteiger partial charge in [0.1, 0.15) is 28.7 Å². The molecule has 13 heteroatoms. The molecule has 3 aromatic rings. The monoisotopic (exact) mass is 709 g/mol. The third kappa shape index (κ3) is 11.0. The van der Waals surface area contributed by atoms with E-state index in [-0.39, 0.29) is 26.4 Å². The molecule has 4 rings (SSSR count). The van der Waals surface area contributed by atoms with Gasteiger partial charge in [-0.3, -0.25) is 4.72 Å². The summed E-state index contributed by atoms with van der Waals surface area (Å²) in [6, 6.07) is 9.21. The van der Waals surface area contributed by atoms with E-state index in [4.69, 9.17) is 28.9 Å². The third-order valence-electron chi connectivity index (χ3n) is 7.66. The second kappa shape index (κ2) is 19.8. The summed E-state index contributed by atoms with van der Waals surface area (Å²) >= 11 is 11.9. The van der Waals surface area contributed by atoms with Gasteiger partial charge in [0, 0.05) is 19.1 Å². The summed E-state index contributed by atoms with van der Waals surface area (Å²) in [5.41, 5.74) is 7.74. The maximum Gasteiger partial charge on any atom is 0.263 e. The maximum absolute atomic E-state index is 15.0. The second-order valence-electron chi connectivity index (χ2n) is 11.0. The SMILES string of the molecule is CCCN(C)C(CC)CC.CCCN1CC=C(c2ccc(NS(=O)(=O)c3cccc(Cl)c3Cl)c(F)c2)c2c(N)ncnc21.CCNC. The van der Waals surface area contributed by atoms with Crippen molar-refractivity contribution in [3.63, 3.8) is 0 Å². The van der Waals surface area contributed by atoms with E-state index in [9.17, 15) is 8.42 Å². The van der Waals surface area contributed by atoms with Crippen LogP contribution in [0.3, 0.4) is 0 Å². The second-order valence-corrected chi connectivity index (χ2v) is 13.5. The molecule has 0 fully saturated rings. The van der Waals surface area contributed by atoms with Crippen molar-refractivity contribution in [1.29, 1.82) is 0 Å². The first-order valence-electron chi connectivity index (χ1n) is 16.1. The highest BCUT2D eigenvalue weighted by atomic mass is 35.5. The molecule has 0 radical (unpaired) electrons. The molecule has 2 aromatic carbocycles. The maximum atomic E-state index is 15.0. The molecule has 0 saturated carbocycles. The van der Waals surface area contributed by atoms with Gasteiger partial charge in [-0.25, -0.2) is 22.8 Å². The molecular formula is C34H50Cl2FN7O2S. The van der Waals surface area contributed by atoms with Crippen LogP contribution in [-0.4, -0.2) is 69.6 Å². The van der Waals surface area contributed by atoms with Crippen LogP contribution in [0, 0.1) is 5.82 Å². The van der Waals surface area contributed by atoms with E-state index in [0.717, 1.165) is 25.6 Å². The summed E-state index contributed by atoms with van der Waals surface area (Å²) in [5, 5.41) is 2.87. The number of nitrogens with two attached hydrogens (primary N) is 1. The lowest BCUT2D eigenvalue weighted by Crippen LogP contribution is -2.30. The zero-order chi connectivity index (χ0) is 35.1. The molecule has 1 aromatic heterocycles. The predicted molar refractivity (Wildman–Crippen MR) is 197 cm³/mol. The van der Waals surface area contributed by atoms with Crippen LogP contribution in [0.5, 0.6) is 0 Å². The normalized spacial score (nSPS) is 12.5. The van der Waals surface area contributed by atoms with Gasteiger partial charge in [-0.15, -0.1) is 0 Å². The Hall–Kier alpha value is -2.96. The van der Waals surface area contributed by atoms with Crippen molar-refractivity contribution in [1.82, 2.24) is 20.2 Å². The first-order chi connectivity index (χ1) is 22.4. The average Bonchev–Trinajstić information content (AvgIpc) is 3.05. The Kier molecular flexibility index (Phi) is 16.9. The number of anilines is 3. The van der Waals surface area contributed by atoms with Crippen molar-refractivity contribution in [3.8, 4) is 0 Å². The lowest BCUT2D eigenvalue weighted by molar-refractivity contribution is 0.230. The Morgan fingerprint density at radius 3 is 2.32 bits per heavy atom. The standard InChI is InChI=1S/C22H20Cl2FN5O2S.C9H21N.C3H9N/c1-2-9-30-10-8-14(19-21(26)27-12-28-22(19)30)13-6-7-17(16(25)11-13)29-33(31,32)18-5-3-4-15(23)20(18)24;1-5-8-10(4)9(6-2)7-3;1-3-4-2/h3-8,11-12,29H,2,9-10H2,1H3,(H2,26,27,28);9H,5-8H2,1-4H3;4H,3H2,1-2H3. The topological polar surface area (TPSA) is 116 Å². The number of sulfonamides is 1. The first kappa shape index (κ1) is 40.2. The number of aromatic nitrogens is 2. The van der Waals surface area contributed by atoms with Gasteiger partial charge in [-0.1, -0.05) is 76.0 Å². The summed E-state index contributed by atoms with van der Waals surface area (Å²) in [6.45, 7) is 14.6. The highest BCUT2D eigenvalue weighted by Crippen LogP contribution is 2.38. The number of nitrogens with one attached hydrogen (secondary N) is 2. The molecule has 0 bridgehead atoms. The van der Waals surface area contributed by atoms with E-state index < -0.39 is 15.8 Å². The van der Waals surface area contributed by atoms with Gasteiger partial charge in [-0.05, 0) is 88.3 Å². The third-order valence-corrected chi connectivity index (χ3v) is 10.00. The summed E-state index contributed by atoms with van der Waals surface area (Å²) in [5.74, 6) is 0.207. The Morgan fingerprint density at radius 2 is 1.74 bits per heavy atom. The van der Waals surface area contributed by atoms with E-state index in [1.165, 1.54) is 62.5 Å². The highest BCUT2D eigenvalue weighted by molar-refractivity contribution is 7.92. The van der Waals surface area contributed by atoms with Gasteiger partial charge in [-0.2, -0.15) is 0 Å². The van der Waals surface area contributed by atoms with E-state index >= 15 is 4.39 Å². The zero-order valence-electron chi connectivity index (χ0n) is 28.6.